The number of ether oxygens (including phenoxy) is 1. The molecule has 1 aliphatic heterocycles. The normalized spacial score (nSPS) is 19.5. The van der Waals surface area contributed by atoms with Crippen molar-refractivity contribution in [3.05, 3.63) is 29.1 Å². The SMILES string of the molecule is CC1COc2cc(C(=O)O)cc(F)c2CN1. The molecule has 1 unspecified atom stereocenters. The summed E-state index contributed by atoms with van der Waals surface area (Å²) >= 11 is 0. The summed E-state index contributed by atoms with van der Waals surface area (Å²) in [7, 11) is 0. The van der Waals surface area contributed by atoms with E-state index in [1.165, 1.54) is 6.07 Å². The summed E-state index contributed by atoms with van der Waals surface area (Å²) in [5.41, 5.74) is 0.292. The number of rotatable bonds is 1. The molecule has 0 fully saturated rings. The number of fused-ring (bicyclic) bond motifs is 1. The van der Waals surface area contributed by atoms with E-state index in [4.69, 9.17) is 9.84 Å². The summed E-state index contributed by atoms with van der Waals surface area (Å²) in [4.78, 5) is 10.8. The predicted octanol–water partition coefficient (Wildman–Crippen LogP) is 1.39. The van der Waals surface area contributed by atoms with Crippen LogP contribution in [0.3, 0.4) is 0 Å². The Labute approximate surface area is 92.0 Å². The van der Waals surface area contributed by atoms with E-state index in [0.29, 0.717) is 24.5 Å². The van der Waals surface area contributed by atoms with Crippen molar-refractivity contribution in [2.24, 2.45) is 0 Å². The summed E-state index contributed by atoms with van der Waals surface area (Å²) < 4.78 is 19.0. The maximum Gasteiger partial charge on any atom is 0.335 e. The van der Waals surface area contributed by atoms with Gasteiger partial charge >= 0.3 is 5.97 Å². The van der Waals surface area contributed by atoms with Gasteiger partial charge in [-0.05, 0) is 19.1 Å². The summed E-state index contributed by atoms with van der Waals surface area (Å²) in [6.45, 7) is 2.67. The van der Waals surface area contributed by atoms with Crippen molar-refractivity contribution < 1.29 is 19.0 Å². The molecular weight excluding hydrogens is 213 g/mol. The second-order valence-corrected chi connectivity index (χ2v) is 3.83. The summed E-state index contributed by atoms with van der Waals surface area (Å²) in [6.07, 6.45) is 0. The van der Waals surface area contributed by atoms with Gasteiger partial charge in [0.25, 0.3) is 0 Å². The zero-order valence-electron chi connectivity index (χ0n) is 8.79. The fraction of sp³-hybridized carbons (Fsp3) is 0.364. The van der Waals surface area contributed by atoms with Gasteiger partial charge in [-0.2, -0.15) is 0 Å². The van der Waals surface area contributed by atoms with Crippen LogP contribution in [0.1, 0.15) is 22.8 Å². The van der Waals surface area contributed by atoms with Crippen LogP contribution in [0, 0.1) is 5.82 Å². The Bertz CT molecular complexity index is 433. The zero-order chi connectivity index (χ0) is 11.7. The number of hydrogen-bond donors (Lipinski definition) is 2. The first-order valence-electron chi connectivity index (χ1n) is 5.00. The van der Waals surface area contributed by atoms with Crippen molar-refractivity contribution in [1.29, 1.82) is 0 Å². The lowest BCUT2D eigenvalue weighted by molar-refractivity contribution is 0.0695. The fourth-order valence-electron chi connectivity index (χ4n) is 1.59. The number of hydrogen-bond acceptors (Lipinski definition) is 3. The Morgan fingerprint density at radius 2 is 2.38 bits per heavy atom. The number of carbonyl (C=O) groups is 1. The van der Waals surface area contributed by atoms with Crippen molar-refractivity contribution >= 4 is 5.97 Å². The minimum Gasteiger partial charge on any atom is -0.492 e. The third-order valence-corrected chi connectivity index (χ3v) is 2.52. The minimum absolute atomic E-state index is 0.0918. The molecule has 1 aromatic carbocycles. The van der Waals surface area contributed by atoms with Crippen molar-refractivity contribution in [3.63, 3.8) is 0 Å². The van der Waals surface area contributed by atoms with Gasteiger partial charge in [0, 0.05) is 18.2 Å². The minimum atomic E-state index is -1.16. The molecule has 0 aliphatic carbocycles. The highest BCUT2D eigenvalue weighted by molar-refractivity contribution is 5.88. The lowest BCUT2D eigenvalue weighted by Crippen LogP contribution is -2.28. The standard InChI is InChI=1S/C11H12FNO3/c1-6-5-16-10-3-7(11(14)15)2-9(12)8(10)4-13-6/h2-3,6,13H,4-5H2,1H3,(H,14,15). The molecular formula is C11H12FNO3. The monoisotopic (exact) mass is 225 g/mol. The van der Waals surface area contributed by atoms with Gasteiger partial charge in [0.2, 0.25) is 0 Å². The van der Waals surface area contributed by atoms with Gasteiger partial charge in [-0.15, -0.1) is 0 Å². The fourth-order valence-corrected chi connectivity index (χ4v) is 1.59. The van der Waals surface area contributed by atoms with Crippen LogP contribution in [0.25, 0.3) is 0 Å². The first-order valence-corrected chi connectivity index (χ1v) is 5.00. The number of halogens is 1. The van der Waals surface area contributed by atoms with Crippen LogP contribution in [-0.4, -0.2) is 23.7 Å². The largest absolute Gasteiger partial charge is 0.492 e. The molecule has 0 amide bonds. The van der Waals surface area contributed by atoms with Crippen molar-refractivity contribution in [2.75, 3.05) is 6.61 Å². The third kappa shape index (κ3) is 1.99. The maximum atomic E-state index is 13.6. The molecule has 1 heterocycles. The lowest BCUT2D eigenvalue weighted by Gasteiger charge is -2.09. The molecule has 5 heteroatoms. The average molecular weight is 225 g/mol. The molecule has 0 saturated carbocycles. The number of aromatic carboxylic acids is 1. The van der Waals surface area contributed by atoms with Gasteiger partial charge in [-0.3, -0.25) is 0 Å². The average Bonchev–Trinajstić information content (AvgIpc) is 2.41. The second-order valence-electron chi connectivity index (χ2n) is 3.83. The van der Waals surface area contributed by atoms with Crippen LogP contribution >= 0.6 is 0 Å². The Kier molecular flexibility index (Phi) is 2.78. The van der Waals surface area contributed by atoms with Gasteiger partial charge in [-0.25, -0.2) is 9.18 Å². The zero-order valence-corrected chi connectivity index (χ0v) is 8.79. The molecule has 0 spiro atoms. The van der Waals surface area contributed by atoms with Crippen LogP contribution in [0.2, 0.25) is 0 Å². The molecule has 0 aromatic heterocycles. The van der Waals surface area contributed by atoms with Gasteiger partial charge in [0.05, 0.1) is 5.56 Å². The summed E-state index contributed by atoms with van der Waals surface area (Å²) in [5, 5.41) is 11.9. The van der Waals surface area contributed by atoms with E-state index in [9.17, 15) is 9.18 Å². The van der Waals surface area contributed by atoms with E-state index in [0.717, 1.165) is 6.07 Å². The topological polar surface area (TPSA) is 58.6 Å². The van der Waals surface area contributed by atoms with Gasteiger partial charge in [0.1, 0.15) is 18.2 Å². The van der Waals surface area contributed by atoms with E-state index in [-0.39, 0.29) is 11.6 Å². The van der Waals surface area contributed by atoms with Crippen LogP contribution in [-0.2, 0) is 6.54 Å². The van der Waals surface area contributed by atoms with E-state index in [1.807, 2.05) is 6.92 Å². The smallest absolute Gasteiger partial charge is 0.335 e. The molecule has 1 aromatic rings. The van der Waals surface area contributed by atoms with Gasteiger partial charge in [0.15, 0.2) is 0 Å². The van der Waals surface area contributed by atoms with Gasteiger partial charge < -0.3 is 15.2 Å². The van der Waals surface area contributed by atoms with Crippen LogP contribution in [0.4, 0.5) is 4.39 Å². The molecule has 86 valence electrons. The number of benzene rings is 1. The first kappa shape index (κ1) is 10.9. The lowest BCUT2D eigenvalue weighted by atomic mass is 10.1. The maximum absolute atomic E-state index is 13.6. The number of carboxylic acids is 1. The molecule has 0 bridgehead atoms. The van der Waals surface area contributed by atoms with Gasteiger partial charge in [-0.1, -0.05) is 0 Å². The van der Waals surface area contributed by atoms with Crippen LogP contribution in [0.15, 0.2) is 12.1 Å². The molecule has 16 heavy (non-hydrogen) atoms. The van der Waals surface area contributed by atoms with Crippen molar-refractivity contribution in [1.82, 2.24) is 5.32 Å². The molecule has 2 N–H and O–H groups in total. The molecule has 0 saturated heterocycles. The number of carboxylic acid groups (broad SMARTS) is 1. The Hall–Kier alpha value is -1.62. The molecule has 0 radical (unpaired) electrons. The third-order valence-electron chi connectivity index (χ3n) is 2.52. The van der Waals surface area contributed by atoms with E-state index in [2.05, 4.69) is 5.32 Å². The van der Waals surface area contributed by atoms with Crippen LogP contribution < -0.4 is 10.1 Å². The number of nitrogens with one attached hydrogen (secondary N) is 1. The van der Waals surface area contributed by atoms with E-state index >= 15 is 0 Å². The summed E-state index contributed by atoms with van der Waals surface area (Å²) in [5.74, 6) is -1.39. The highest BCUT2D eigenvalue weighted by Crippen LogP contribution is 2.26. The predicted molar refractivity (Wildman–Crippen MR) is 55.2 cm³/mol. The highest BCUT2D eigenvalue weighted by Gasteiger charge is 2.19. The van der Waals surface area contributed by atoms with Crippen molar-refractivity contribution in [2.45, 2.75) is 19.5 Å². The van der Waals surface area contributed by atoms with Crippen molar-refractivity contribution in [3.8, 4) is 5.75 Å². The highest BCUT2D eigenvalue weighted by atomic mass is 19.1. The Morgan fingerprint density at radius 1 is 1.62 bits per heavy atom. The molecule has 1 aliphatic rings. The van der Waals surface area contributed by atoms with E-state index < -0.39 is 11.8 Å². The molecule has 1 atom stereocenters. The Morgan fingerprint density at radius 3 is 3.06 bits per heavy atom. The summed E-state index contributed by atoms with van der Waals surface area (Å²) in [6, 6.07) is 2.49. The second kappa shape index (κ2) is 4.09. The van der Waals surface area contributed by atoms with Crippen LogP contribution in [0.5, 0.6) is 5.75 Å². The van der Waals surface area contributed by atoms with E-state index in [1.54, 1.807) is 0 Å². The first-order chi connectivity index (χ1) is 7.58. The Balaban J connectivity index is 2.43. The molecule has 4 nitrogen and oxygen atoms in total. The molecule has 2 rings (SSSR count). The quantitative estimate of drug-likeness (QED) is 0.758.